The summed E-state index contributed by atoms with van der Waals surface area (Å²) in [6.45, 7) is 8.28. The molecule has 5 nitrogen and oxygen atoms in total. The van der Waals surface area contributed by atoms with Gasteiger partial charge in [-0.1, -0.05) is 44.2 Å². The molecule has 25 heavy (non-hydrogen) atoms. The van der Waals surface area contributed by atoms with Crippen molar-refractivity contribution in [1.82, 2.24) is 5.32 Å². The summed E-state index contributed by atoms with van der Waals surface area (Å²) in [6, 6.07) is 9.57. The summed E-state index contributed by atoms with van der Waals surface area (Å²) in [5.41, 5.74) is 0.545. The lowest BCUT2D eigenvalue weighted by molar-refractivity contribution is -0.150. The number of hydrogen-bond acceptors (Lipinski definition) is 4. The molecule has 0 aliphatic heterocycles. The minimum Gasteiger partial charge on any atom is -0.461 e. The van der Waals surface area contributed by atoms with Gasteiger partial charge in [0, 0.05) is 19.6 Å². The number of rotatable bonds is 10. The molecule has 2 unspecified atom stereocenters. The highest BCUT2D eigenvalue weighted by atomic mass is 16.5. The molecule has 0 aromatic heterocycles. The maximum Gasteiger partial charge on any atom is 0.309 e. The molecule has 0 aliphatic carbocycles. The molecule has 0 bridgehead atoms. The summed E-state index contributed by atoms with van der Waals surface area (Å²) in [7, 11) is 1.62. The third kappa shape index (κ3) is 7.69. The first-order valence-electron chi connectivity index (χ1n) is 8.82. The van der Waals surface area contributed by atoms with Crippen molar-refractivity contribution in [2.75, 3.05) is 13.7 Å². The number of benzene rings is 1. The first kappa shape index (κ1) is 21.2. The molecule has 1 aromatic rings. The Bertz CT molecular complexity index is 542. The van der Waals surface area contributed by atoms with Crippen molar-refractivity contribution < 1.29 is 19.1 Å². The van der Waals surface area contributed by atoms with E-state index < -0.39 is 5.60 Å². The fourth-order valence-corrected chi connectivity index (χ4v) is 2.37. The van der Waals surface area contributed by atoms with Crippen LogP contribution in [-0.4, -0.2) is 31.1 Å². The van der Waals surface area contributed by atoms with Crippen molar-refractivity contribution in [2.45, 2.75) is 52.7 Å². The Morgan fingerprint density at radius 1 is 1.20 bits per heavy atom. The molecule has 0 fully saturated rings. The third-order valence-corrected chi connectivity index (χ3v) is 4.37. The van der Waals surface area contributed by atoms with Crippen molar-refractivity contribution in [3.63, 3.8) is 0 Å². The molecule has 140 valence electrons. The zero-order valence-electron chi connectivity index (χ0n) is 16.0. The molecular weight excluding hydrogens is 318 g/mol. The van der Waals surface area contributed by atoms with Crippen molar-refractivity contribution >= 4 is 11.9 Å². The first-order chi connectivity index (χ1) is 11.8. The molecule has 2 atom stereocenters. The monoisotopic (exact) mass is 349 g/mol. The predicted octanol–water partition coefficient (Wildman–Crippen LogP) is 3.32. The SMILES string of the molecule is CCC(CC(C)C(=O)OCc1ccccc1)C(=O)NCC(C)(C)OC. The average molecular weight is 349 g/mol. The van der Waals surface area contributed by atoms with E-state index in [9.17, 15) is 9.59 Å². The van der Waals surface area contributed by atoms with Crippen LogP contribution in [0.15, 0.2) is 30.3 Å². The van der Waals surface area contributed by atoms with Crippen LogP contribution in [0, 0.1) is 11.8 Å². The van der Waals surface area contributed by atoms with Crippen molar-refractivity contribution in [3.8, 4) is 0 Å². The topological polar surface area (TPSA) is 64.6 Å². The smallest absolute Gasteiger partial charge is 0.309 e. The molecule has 0 heterocycles. The lowest BCUT2D eigenvalue weighted by Crippen LogP contribution is -2.42. The molecule has 5 heteroatoms. The minimum absolute atomic E-state index is 0.0460. The van der Waals surface area contributed by atoms with E-state index in [0.29, 0.717) is 19.4 Å². The Hall–Kier alpha value is -1.88. The first-order valence-corrected chi connectivity index (χ1v) is 8.82. The largest absolute Gasteiger partial charge is 0.461 e. The molecule has 0 saturated carbocycles. The van der Waals surface area contributed by atoms with E-state index in [4.69, 9.17) is 9.47 Å². The van der Waals surface area contributed by atoms with Crippen LogP contribution in [0.2, 0.25) is 0 Å². The van der Waals surface area contributed by atoms with Gasteiger partial charge >= 0.3 is 5.97 Å². The Morgan fingerprint density at radius 3 is 2.40 bits per heavy atom. The van der Waals surface area contributed by atoms with Crippen LogP contribution in [0.4, 0.5) is 0 Å². The second-order valence-electron chi connectivity index (χ2n) is 7.02. The highest BCUT2D eigenvalue weighted by molar-refractivity contribution is 5.80. The van der Waals surface area contributed by atoms with Crippen LogP contribution in [0.1, 0.15) is 46.1 Å². The Morgan fingerprint density at radius 2 is 1.84 bits per heavy atom. The van der Waals surface area contributed by atoms with Crippen LogP contribution in [-0.2, 0) is 25.7 Å². The Balaban J connectivity index is 2.47. The highest BCUT2D eigenvalue weighted by Gasteiger charge is 2.26. The van der Waals surface area contributed by atoms with Gasteiger partial charge in [-0.15, -0.1) is 0 Å². The lowest BCUT2D eigenvalue weighted by Gasteiger charge is -2.25. The van der Waals surface area contributed by atoms with Gasteiger partial charge < -0.3 is 14.8 Å². The number of hydrogen-bond donors (Lipinski definition) is 1. The molecule has 0 saturated heterocycles. The van der Waals surface area contributed by atoms with Crippen molar-refractivity contribution in [1.29, 1.82) is 0 Å². The summed E-state index contributed by atoms with van der Waals surface area (Å²) in [4.78, 5) is 24.5. The van der Waals surface area contributed by atoms with Crippen molar-refractivity contribution in [2.24, 2.45) is 11.8 Å². The van der Waals surface area contributed by atoms with E-state index in [1.54, 1.807) is 7.11 Å². The van der Waals surface area contributed by atoms with Crippen LogP contribution in [0.3, 0.4) is 0 Å². The normalized spacial score (nSPS) is 13.8. The molecule has 0 radical (unpaired) electrons. The Kier molecular flexibility index (Phi) is 8.62. The number of amides is 1. The number of carbonyl (C=O) groups is 2. The second-order valence-corrected chi connectivity index (χ2v) is 7.02. The Labute approximate surface area is 151 Å². The summed E-state index contributed by atoms with van der Waals surface area (Å²) < 4.78 is 10.7. The van der Waals surface area contributed by atoms with Crippen LogP contribution in [0.5, 0.6) is 0 Å². The van der Waals surface area contributed by atoms with Crippen LogP contribution < -0.4 is 5.32 Å². The molecular formula is C20H31NO4. The second kappa shape index (κ2) is 10.2. The third-order valence-electron chi connectivity index (χ3n) is 4.37. The number of ether oxygens (including phenoxy) is 2. The van der Waals surface area contributed by atoms with Gasteiger partial charge in [0.15, 0.2) is 0 Å². The molecule has 1 rings (SSSR count). The van der Waals surface area contributed by atoms with Gasteiger partial charge in [0.1, 0.15) is 6.61 Å². The van der Waals surface area contributed by atoms with Gasteiger partial charge in [0.25, 0.3) is 0 Å². The minimum atomic E-state index is -0.409. The zero-order valence-corrected chi connectivity index (χ0v) is 16.0. The summed E-state index contributed by atoms with van der Waals surface area (Å²) >= 11 is 0. The molecule has 1 N–H and O–H groups in total. The zero-order chi connectivity index (χ0) is 18.9. The van der Waals surface area contributed by atoms with E-state index >= 15 is 0 Å². The molecule has 1 aromatic carbocycles. The van der Waals surface area contributed by atoms with Crippen molar-refractivity contribution in [3.05, 3.63) is 35.9 Å². The number of carbonyl (C=O) groups excluding carboxylic acids is 2. The number of esters is 1. The molecule has 0 aliphatic rings. The fraction of sp³-hybridized carbons (Fsp3) is 0.600. The van der Waals surface area contributed by atoms with Gasteiger partial charge in [0.2, 0.25) is 5.91 Å². The summed E-state index contributed by atoms with van der Waals surface area (Å²) in [5, 5.41) is 2.91. The van der Waals surface area contributed by atoms with E-state index in [-0.39, 0.29) is 30.3 Å². The standard InChI is InChI=1S/C20H31NO4/c1-6-17(18(22)21-14-20(3,4)24-5)12-15(2)19(23)25-13-16-10-8-7-9-11-16/h7-11,15,17H,6,12-14H2,1-5H3,(H,21,22). The van der Waals surface area contributed by atoms with Gasteiger partial charge in [-0.05, 0) is 32.3 Å². The van der Waals surface area contributed by atoms with Gasteiger partial charge in [-0.2, -0.15) is 0 Å². The summed E-state index contributed by atoms with van der Waals surface area (Å²) in [5.74, 6) is -0.857. The highest BCUT2D eigenvalue weighted by Crippen LogP contribution is 2.18. The van der Waals surface area contributed by atoms with Gasteiger partial charge in [-0.25, -0.2) is 0 Å². The molecule has 1 amide bonds. The van der Waals surface area contributed by atoms with Gasteiger partial charge in [0.05, 0.1) is 11.5 Å². The van der Waals surface area contributed by atoms with Crippen LogP contribution >= 0.6 is 0 Å². The van der Waals surface area contributed by atoms with E-state index in [1.807, 2.05) is 58.0 Å². The summed E-state index contributed by atoms with van der Waals surface area (Å²) in [6.07, 6.45) is 1.15. The maximum atomic E-state index is 12.4. The maximum absolute atomic E-state index is 12.4. The van der Waals surface area contributed by atoms with E-state index in [1.165, 1.54) is 0 Å². The predicted molar refractivity (Wildman–Crippen MR) is 97.9 cm³/mol. The fourth-order valence-electron chi connectivity index (χ4n) is 2.37. The number of methoxy groups -OCH3 is 1. The molecule has 0 spiro atoms. The van der Waals surface area contributed by atoms with Gasteiger partial charge in [-0.3, -0.25) is 9.59 Å². The van der Waals surface area contributed by atoms with Crippen LogP contribution in [0.25, 0.3) is 0 Å². The van der Waals surface area contributed by atoms with E-state index in [2.05, 4.69) is 5.32 Å². The average Bonchev–Trinajstić information content (AvgIpc) is 2.62. The number of nitrogens with one attached hydrogen (secondary N) is 1. The quantitative estimate of drug-likeness (QED) is 0.658. The van der Waals surface area contributed by atoms with E-state index in [0.717, 1.165) is 5.56 Å². The lowest BCUT2D eigenvalue weighted by atomic mass is 9.92.